The van der Waals surface area contributed by atoms with Crippen LogP contribution in [-0.4, -0.2) is 50.3 Å². The second-order valence-electron chi connectivity index (χ2n) is 4.85. The second-order valence-corrected chi connectivity index (χ2v) is 4.85. The monoisotopic (exact) mass is 419 g/mol. The lowest BCUT2D eigenvalue weighted by Crippen LogP contribution is -2.37. The van der Waals surface area contributed by atoms with Crippen LogP contribution in [0.15, 0.2) is 23.3 Å². The largest absolute Gasteiger partial charge is 0.378 e. The fourth-order valence-electron chi connectivity index (χ4n) is 2.20. The first-order valence-electron chi connectivity index (χ1n) is 7.63. The van der Waals surface area contributed by atoms with Gasteiger partial charge in [-0.1, -0.05) is 0 Å². The van der Waals surface area contributed by atoms with Gasteiger partial charge in [-0.05, 0) is 31.5 Å². The van der Waals surface area contributed by atoms with Crippen molar-refractivity contribution in [2.24, 2.45) is 4.99 Å². The van der Waals surface area contributed by atoms with Gasteiger partial charge in [-0.15, -0.1) is 24.0 Å². The van der Waals surface area contributed by atoms with E-state index in [4.69, 9.17) is 4.74 Å². The van der Waals surface area contributed by atoms with Gasteiger partial charge < -0.3 is 20.3 Å². The van der Waals surface area contributed by atoms with Crippen LogP contribution in [0.3, 0.4) is 0 Å². The molecule has 2 N–H and O–H groups in total. The highest BCUT2D eigenvalue weighted by Gasteiger charge is 2.12. The molecule has 1 fully saturated rings. The van der Waals surface area contributed by atoms with Crippen molar-refractivity contribution in [2.45, 2.75) is 20.4 Å². The van der Waals surface area contributed by atoms with Crippen molar-refractivity contribution in [3.8, 4) is 0 Å². The van der Waals surface area contributed by atoms with E-state index >= 15 is 0 Å². The molecule has 1 aliphatic heterocycles. The zero-order valence-corrected chi connectivity index (χ0v) is 15.7. The van der Waals surface area contributed by atoms with Crippen molar-refractivity contribution in [1.82, 2.24) is 15.6 Å². The van der Waals surface area contributed by atoms with Gasteiger partial charge in [0.1, 0.15) is 5.82 Å². The zero-order chi connectivity index (χ0) is 14.9. The number of ether oxygens (including phenoxy) is 1. The first-order valence-corrected chi connectivity index (χ1v) is 7.63. The first-order chi connectivity index (χ1) is 10.3. The van der Waals surface area contributed by atoms with Crippen molar-refractivity contribution in [1.29, 1.82) is 0 Å². The Morgan fingerprint density at radius 3 is 2.59 bits per heavy atom. The van der Waals surface area contributed by atoms with Crippen LogP contribution in [0.1, 0.15) is 19.4 Å². The molecule has 6 nitrogen and oxygen atoms in total. The molecule has 0 bridgehead atoms. The average molecular weight is 419 g/mol. The van der Waals surface area contributed by atoms with Crippen LogP contribution in [0.2, 0.25) is 0 Å². The van der Waals surface area contributed by atoms with Crippen molar-refractivity contribution in [2.75, 3.05) is 44.3 Å². The van der Waals surface area contributed by atoms with Crippen molar-refractivity contribution < 1.29 is 4.74 Å². The molecule has 0 spiro atoms. The number of nitrogens with one attached hydrogen (secondary N) is 2. The number of aliphatic imine (C=N–C) groups is 1. The average Bonchev–Trinajstić information content (AvgIpc) is 2.54. The highest BCUT2D eigenvalue weighted by molar-refractivity contribution is 14.0. The summed E-state index contributed by atoms with van der Waals surface area (Å²) in [4.78, 5) is 11.3. The summed E-state index contributed by atoms with van der Waals surface area (Å²) in [6, 6.07) is 4.13. The first kappa shape index (κ1) is 19.0. The van der Waals surface area contributed by atoms with Crippen LogP contribution < -0.4 is 15.5 Å². The SMILES string of the molecule is CCNC(=NCc1ccnc(N2CCOCC2)c1)NCC.I. The Labute approximate surface area is 149 Å². The van der Waals surface area contributed by atoms with Gasteiger partial charge in [0.25, 0.3) is 0 Å². The maximum atomic E-state index is 5.38. The predicted octanol–water partition coefficient (Wildman–Crippen LogP) is 1.61. The van der Waals surface area contributed by atoms with Gasteiger partial charge in [0.05, 0.1) is 19.8 Å². The van der Waals surface area contributed by atoms with Crippen molar-refractivity contribution in [3.63, 3.8) is 0 Å². The Balaban J connectivity index is 0.00000242. The van der Waals surface area contributed by atoms with E-state index in [1.54, 1.807) is 0 Å². The van der Waals surface area contributed by atoms with E-state index in [1.807, 2.05) is 12.3 Å². The van der Waals surface area contributed by atoms with Gasteiger partial charge in [0.2, 0.25) is 0 Å². The molecule has 22 heavy (non-hydrogen) atoms. The quantitative estimate of drug-likeness (QED) is 0.432. The summed E-state index contributed by atoms with van der Waals surface area (Å²) < 4.78 is 5.38. The Morgan fingerprint density at radius 2 is 1.95 bits per heavy atom. The molecule has 124 valence electrons. The van der Waals surface area contributed by atoms with Crippen LogP contribution in [0.25, 0.3) is 0 Å². The lowest BCUT2D eigenvalue weighted by molar-refractivity contribution is 0.122. The molecule has 1 aliphatic rings. The van der Waals surface area contributed by atoms with Crippen LogP contribution in [0.5, 0.6) is 0 Å². The van der Waals surface area contributed by atoms with Crippen LogP contribution in [-0.2, 0) is 11.3 Å². The van der Waals surface area contributed by atoms with E-state index in [0.717, 1.165) is 51.2 Å². The zero-order valence-electron chi connectivity index (χ0n) is 13.3. The molecule has 2 rings (SSSR count). The Kier molecular flexibility index (Phi) is 9.14. The van der Waals surface area contributed by atoms with Gasteiger partial charge in [0, 0.05) is 32.4 Å². The summed E-state index contributed by atoms with van der Waals surface area (Å²) in [5.41, 5.74) is 1.17. The molecular weight excluding hydrogens is 393 g/mol. The van der Waals surface area contributed by atoms with E-state index in [-0.39, 0.29) is 24.0 Å². The fraction of sp³-hybridized carbons (Fsp3) is 0.600. The molecule has 0 aliphatic carbocycles. The van der Waals surface area contributed by atoms with E-state index < -0.39 is 0 Å². The molecule has 1 saturated heterocycles. The Hall–Kier alpha value is -1.09. The normalized spacial score (nSPS) is 14.0. The highest BCUT2D eigenvalue weighted by atomic mass is 127. The summed E-state index contributed by atoms with van der Waals surface area (Å²) in [5, 5.41) is 6.46. The number of nitrogens with zero attached hydrogens (tertiary/aromatic N) is 3. The molecule has 0 aromatic carbocycles. The molecular formula is C15H26IN5O. The summed E-state index contributed by atoms with van der Waals surface area (Å²) in [6.07, 6.45) is 1.86. The number of halogens is 1. The standard InChI is InChI=1S/C15H25N5O.HI/c1-3-16-15(17-4-2)19-12-13-5-6-18-14(11-13)20-7-9-21-10-8-20;/h5-6,11H,3-4,7-10,12H2,1-2H3,(H2,16,17,19);1H. The lowest BCUT2D eigenvalue weighted by Gasteiger charge is -2.27. The number of hydrogen-bond donors (Lipinski definition) is 2. The third-order valence-electron chi connectivity index (χ3n) is 3.25. The summed E-state index contributed by atoms with van der Waals surface area (Å²) in [7, 11) is 0. The van der Waals surface area contributed by atoms with Crippen LogP contribution in [0, 0.1) is 0 Å². The highest BCUT2D eigenvalue weighted by Crippen LogP contribution is 2.14. The van der Waals surface area contributed by atoms with Gasteiger partial charge in [-0.2, -0.15) is 0 Å². The number of anilines is 1. The molecule has 7 heteroatoms. The fourth-order valence-corrected chi connectivity index (χ4v) is 2.20. The minimum Gasteiger partial charge on any atom is -0.378 e. The summed E-state index contributed by atoms with van der Waals surface area (Å²) in [5.74, 6) is 1.86. The van der Waals surface area contributed by atoms with Gasteiger partial charge in [-0.25, -0.2) is 9.98 Å². The molecule has 0 amide bonds. The van der Waals surface area contributed by atoms with E-state index in [0.29, 0.717) is 6.54 Å². The van der Waals surface area contributed by atoms with E-state index in [1.165, 1.54) is 5.56 Å². The third-order valence-corrected chi connectivity index (χ3v) is 3.25. The van der Waals surface area contributed by atoms with Crippen LogP contribution >= 0.6 is 24.0 Å². The molecule has 0 atom stereocenters. The molecule has 0 saturated carbocycles. The summed E-state index contributed by atoms with van der Waals surface area (Å²) in [6.45, 7) is 9.85. The number of rotatable bonds is 5. The summed E-state index contributed by atoms with van der Waals surface area (Å²) >= 11 is 0. The molecule has 1 aromatic heterocycles. The van der Waals surface area contributed by atoms with E-state index in [2.05, 4.69) is 45.4 Å². The Morgan fingerprint density at radius 1 is 1.27 bits per heavy atom. The minimum atomic E-state index is 0. The van der Waals surface area contributed by atoms with E-state index in [9.17, 15) is 0 Å². The minimum absolute atomic E-state index is 0. The van der Waals surface area contributed by atoms with Gasteiger partial charge in [-0.3, -0.25) is 0 Å². The third kappa shape index (κ3) is 5.96. The smallest absolute Gasteiger partial charge is 0.191 e. The number of aromatic nitrogens is 1. The number of pyridine rings is 1. The van der Waals surface area contributed by atoms with Crippen molar-refractivity contribution in [3.05, 3.63) is 23.9 Å². The predicted molar refractivity (Wildman–Crippen MR) is 101 cm³/mol. The topological polar surface area (TPSA) is 61.8 Å². The van der Waals surface area contributed by atoms with Gasteiger partial charge in [0.15, 0.2) is 5.96 Å². The number of guanidine groups is 1. The van der Waals surface area contributed by atoms with Crippen molar-refractivity contribution >= 4 is 35.8 Å². The molecule has 0 unspecified atom stereocenters. The maximum absolute atomic E-state index is 5.38. The lowest BCUT2D eigenvalue weighted by atomic mass is 10.2. The number of morpholine rings is 1. The Bertz CT molecular complexity index is 455. The molecule has 0 radical (unpaired) electrons. The number of hydrogen-bond acceptors (Lipinski definition) is 4. The second kappa shape index (κ2) is 10.6. The maximum Gasteiger partial charge on any atom is 0.191 e. The van der Waals surface area contributed by atoms with Gasteiger partial charge >= 0.3 is 0 Å². The molecule has 2 heterocycles. The van der Waals surface area contributed by atoms with Crippen LogP contribution in [0.4, 0.5) is 5.82 Å². The molecule has 1 aromatic rings.